The molecule has 3 nitrogen and oxygen atoms in total. The fourth-order valence-corrected chi connectivity index (χ4v) is 2.10. The summed E-state index contributed by atoms with van der Waals surface area (Å²) in [5, 5.41) is 1.07. The quantitative estimate of drug-likeness (QED) is 0.768. The SMILES string of the molecule is CCOC1=CC(=O)n2c1cc1ccccc12. The molecule has 1 aliphatic heterocycles. The molecule has 1 aromatic carbocycles. The van der Waals surface area contributed by atoms with Crippen LogP contribution in [0.4, 0.5) is 0 Å². The van der Waals surface area contributed by atoms with E-state index in [0.29, 0.717) is 12.4 Å². The zero-order chi connectivity index (χ0) is 11.1. The number of rotatable bonds is 2. The van der Waals surface area contributed by atoms with Crippen LogP contribution in [-0.2, 0) is 4.74 Å². The van der Waals surface area contributed by atoms with E-state index >= 15 is 0 Å². The lowest BCUT2D eigenvalue weighted by molar-refractivity contribution is 0.0979. The number of ether oxygens (including phenoxy) is 1. The van der Waals surface area contributed by atoms with E-state index in [4.69, 9.17) is 4.74 Å². The highest BCUT2D eigenvalue weighted by molar-refractivity contribution is 6.08. The van der Waals surface area contributed by atoms with Crippen LogP contribution in [0.15, 0.2) is 36.4 Å². The molecular weight excluding hydrogens is 202 g/mol. The summed E-state index contributed by atoms with van der Waals surface area (Å²) in [6, 6.07) is 9.83. The highest BCUT2D eigenvalue weighted by Gasteiger charge is 2.24. The van der Waals surface area contributed by atoms with Crippen molar-refractivity contribution in [3.05, 3.63) is 42.1 Å². The minimum absolute atomic E-state index is 0.0281. The van der Waals surface area contributed by atoms with Crippen molar-refractivity contribution in [2.75, 3.05) is 6.61 Å². The van der Waals surface area contributed by atoms with Crippen molar-refractivity contribution in [1.29, 1.82) is 0 Å². The number of para-hydroxylation sites is 1. The van der Waals surface area contributed by atoms with Crippen LogP contribution in [0.2, 0.25) is 0 Å². The van der Waals surface area contributed by atoms with E-state index in [1.807, 2.05) is 37.3 Å². The van der Waals surface area contributed by atoms with E-state index in [9.17, 15) is 4.79 Å². The van der Waals surface area contributed by atoms with E-state index in [1.54, 1.807) is 10.6 Å². The number of benzene rings is 1. The zero-order valence-corrected chi connectivity index (χ0v) is 8.93. The molecule has 3 rings (SSSR count). The molecule has 0 fully saturated rings. The van der Waals surface area contributed by atoms with Gasteiger partial charge in [-0.3, -0.25) is 9.36 Å². The predicted molar refractivity (Wildman–Crippen MR) is 62.2 cm³/mol. The lowest BCUT2D eigenvalue weighted by Crippen LogP contribution is -2.03. The summed E-state index contributed by atoms with van der Waals surface area (Å²) >= 11 is 0. The van der Waals surface area contributed by atoms with E-state index in [1.165, 1.54) is 0 Å². The lowest BCUT2D eigenvalue weighted by Gasteiger charge is -2.02. The summed E-state index contributed by atoms with van der Waals surface area (Å²) in [6.45, 7) is 2.48. The van der Waals surface area contributed by atoms with Gasteiger partial charge in [-0.1, -0.05) is 18.2 Å². The van der Waals surface area contributed by atoms with Crippen molar-refractivity contribution < 1.29 is 9.53 Å². The van der Waals surface area contributed by atoms with E-state index in [0.717, 1.165) is 16.6 Å². The Bertz CT molecular complexity index is 607. The molecule has 1 aliphatic rings. The van der Waals surface area contributed by atoms with Crippen LogP contribution < -0.4 is 0 Å². The number of nitrogens with zero attached hydrogens (tertiary/aromatic N) is 1. The Morgan fingerprint density at radius 2 is 2.12 bits per heavy atom. The number of allylic oxidation sites excluding steroid dienone is 1. The molecule has 0 saturated heterocycles. The number of hydrogen-bond acceptors (Lipinski definition) is 2. The van der Waals surface area contributed by atoms with Gasteiger partial charge in [0.15, 0.2) is 0 Å². The second-order valence-electron chi connectivity index (χ2n) is 3.70. The maximum atomic E-state index is 11.8. The molecule has 0 radical (unpaired) electrons. The molecule has 0 atom stereocenters. The molecule has 1 aromatic heterocycles. The molecule has 0 N–H and O–H groups in total. The molecule has 0 unspecified atom stereocenters. The first-order chi connectivity index (χ1) is 7.81. The first-order valence-electron chi connectivity index (χ1n) is 5.31. The molecule has 2 aromatic rings. The van der Waals surface area contributed by atoms with Crippen molar-refractivity contribution in [2.24, 2.45) is 0 Å². The number of carbonyl (C=O) groups excluding carboxylic acids is 1. The fourth-order valence-electron chi connectivity index (χ4n) is 2.10. The molecule has 0 aliphatic carbocycles. The van der Waals surface area contributed by atoms with Gasteiger partial charge in [-0.15, -0.1) is 0 Å². The molecule has 80 valence electrons. The monoisotopic (exact) mass is 213 g/mol. The van der Waals surface area contributed by atoms with Crippen LogP contribution in [0.5, 0.6) is 0 Å². The van der Waals surface area contributed by atoms with E-state index in [-0.39, 0.29) is 5.91 Å². The molecular formula is C13H11NO2. The topological polar surface area (TPSA) is 31.2 Å². The highest BCUT2D eigenvalue weighted by atomic mass is 16.5. The van der Waals surface area contributed by atoms with Crippen LogP contribution >= 0.6 is 0 Å². The first kappa shape index (κ1) is 9.21. The number of fused-ring (bicyclic) bond motifs is 3. The summed E-state index contributed by atoms with van der Waals surface area (Å²) in [4.78, 5) is 11.8. The average molecular weight is 213 g/mol. The maximum Gasteiger partial charge on any atom is 0.259 e. The van der Waals surface area contributed by atoms with Gasteiger partial charge in [0.1, 0.15) is 5.76 Å². The summed E-state index contributed by atoms with van der Waals surface area (Å²) in [5.41, 5.74) is 1.79. The minimum Gasteiger partial charge on any atom is -0.491 e. The predicted octanol–water partition coefficient (Wildman–Crippen LogP) is 2.67. The summed E-state index contributed by atoms with van der Waals surface area (Å²) in [6.07, 6.45) is 1.55. The Hall–Kier alpha value is -2.03. The van der Waals surface area contributed by atoms with Gasteiger partial charge in [-0.05, 0) is 19.1 Å². The number of carbonyl (C=O) groups is 1. The Balaban J connectivity index is 2.26. The fraction of sp³-hybridized carbons (Fsp3) is 0.154. The smallest absolute Gasteiger partial charge is 0.259 e. The molecule has 3 heteroatoms. The second-order valence-corrected chi connectivity index (χ2v) is 3.70. The van der Waals surface area contributed by atoms with Crippen LogP contribution in [-0.4, -0.2) is 17.1 Å². The van der Waals surface area contributed by atoms with Gasteiger partial charge in [0.25, 0.3) is 5.91 Å². The molecule has 16 heavy (non-hydrogen) atoms. The average Bonchev–Trinajstić information content (AvgIpc) is 2.79. The van der Waals surface area contributed by atoms with Crippen LogP contribution in [0.25, 0.3) is 16.7 Å². The van der Waals surface area contributed by atoms with Gasteiger partial charge in [-0.25, -0.2) is 0 Å². The van der Waals surface area contributed by atoms with Gasteiger partial charge in [0, 0.05) is 11.5 Å². The number of hydrogen-bond donors (Lipinski definition) is 0. The van der Waals surface area contributed by atoms with Crippen LogP contribution in [0, 0.1) is 0 Å². The van der Waals surface area contributed by atoms with Crippen molar-refractivity contribution in [1.82, 2.24) is 4.57 Å². The van der Waals surface area contributed by atoms with Crippen LogP contribution in [0.3, 0.4) is 0 Å². The van der Waals surface area contributed by atoms with Crippen molar-refractivity contribution in [2.45, 2.75) is 6.92 Å². The molecule has 0 saturated carbocycles. The Morgan fingerprint density at radius 1 is 1.31 bits per heavy atom. The van der Waals surface area contributed by atoms with Gasteiger partial charge < -0.3 is 4.74 Å². The lowest BCUT2D eigenvalue weighted by atomic mass is 10.2. The van der Waals surface area contributed by atoms with Gasteiger partial charge >= 0.3 is 0 Å². The largest absolute Gasteiger partial charge is 0.491 e. The minimum atomic E-state index is -0.0281. The summed E-state index contributed by atoms with van der Waals surface area (Å²) < 4.78 is 7.14. The van der Waals surface area contributed by atoms with Gasteiger partial charge in [0.2, 0.25) is 0 Å². The normalized spacial score (nSPS) is 14.1. The molecule has 2 heterocycles. The highest BCUT2D eigenvalue weighted by Crippen LogP contribution is 2.30. The first-order valence-corrected chi connectivity index (χ1v) is 5.31. The van der Waals surface area contributed by atoms with Crippen molar-refractivity contribution >= 4 is 22.6 Å². The van der Waals surface area contributed by atoms with Gasteiger partial charge in [-0.2, -0.15) is 0 Å². The Kier molecular flexibility index (Phi) is 1.86. The van der Waals surface area contributed by atoms with Gasteiger partial charge in [0.05, 0.1) is 17.8 Å². The molecule has 0 spiro atoms. The van der Waals surface area contributed by atoms with E-state index < -0.39 is 0 Å². The second kappa shape index (κ2) is 3.23. The van der Waals surface area contributed by atoms with Crippen LogP contribution in [0.1, 0.15) is 17.4 Å². The van der Waals surface area contributed by atoms with Crippen molar-refractivity contribution in [3.63, 3.8) is 0 Å². The zero-order valence-electron chi connectivity index (χ0n) is 8.93. The molecule has 0 amide bonds. The third-order valence-electron chi connectivity index (χ3n) is 2.74. The third kappa shape index (κ3) is 1.11. The van der Waals surface area contributed by atoms with E-state index in [2.05, 4.69) is 0 Å². The Morgan fingerprint density at radius 3 is 2.94 bits per heavy atom. The summed E-state index contributed by atoms with van der Waals surface area (Å²) in [5.74, 6) is 0.642. The maximum absolute atomic E-state index is 11.8. The third-order valence-corrected chi connectivity index (χ3v) is 2.74. The Labute approximate surface area is 92.9 Å². The number of aromatic nitrogens is 1. The standard InChI is InChI=1S/C13H11NO2/c1-2-16-12-8-13(15)14-10-6-4-3-5-9(10)7-11(12)14/h3-8H,2H2,1H3. The molecule has 0 bridgehead atoms. The van der Waals surface area contributed by atoms with Crippen molar-refractivity contribution in [3.8, 4) is 0 Å². The summed E-state index contributed by atoms with van der Waals surface area (Å²) in [7, 11) is 0.